The number of hydrogen-bond donors (Lipinski definition) is 1. The number of hydrogen-bond acceptors (Lipinski definition) is 2. The first-order valence-corrected chi connectivity index (χ1v) is 7.60. The zero-order valence-electron chi connectivity index (χ0n) is 12.5. The van der Waals surface area contributed by atoms with Crippen molar-refractivity contribution in [3.05, 3.63) is 0 Å². The minimum atomic E-state index is 0.668. The van der Waals surface area contributed by atoms with Crippen molar-refractivity contribution in [1.82, 2.24) is 10.2 Å². The van der Waals surface area contributed by atoms with Crippen molar-refractivity contribution < 1.29 is 0 Å². The van der Waals surface area contributed by atoms with Crippen molar-refractivity contribution in [2.45, 2.75) is 77.9 Å². The molecular weight excluding hydrogens is 208 g/mol. The predicted octanol–water partition coefficient (Wildman–Crippen LogP) is 3.27. The van der Waals surface area contributed by atoms with Gasteiger partial charge >= 0.3 is 0 Å². The van der Waals surface area contributed by atoms with Crippen LogP contribution in [0.3, 0.4) is 0 Å². The molecule has 1 N–H and O–H groups in total. The molecule has 1 rings (SSSR count). The van der Waals surface area contributed by atoms with E-state index in [-0.39, 0.29) is 0 Å². The summed E-state index contributed by atoms with van der Waals surface area (Å²) in [5.74, 6) is 0.970. The largest absolute Gasteiger partial charge is 0.313 e. The molecule has 0 saturated heterocycles. The van der Waals surface area contributed by atoms with Gasteiger partial charge < -0.3 is 5.32 Å². The van der Waals surface area contributed by atoms with Gasteiger partial charge in [0.05, 0.1) is 0 Å². The van der Waals surface area contributed by atoms with Crippen molar-refractivity contribution in [2.24, 2.45) is 5.92 Å². The summed E-state index contributed by atoms with van der Waals surface area (Å²) < 4.78 is 0. The Morgan fingerprint density at radius 2 is 1.88 bits per heavy atom. The second-order valence-electron chi connectivity index (χ2n) is 5.67. The molecule has 1 saturated carbocycles. The third kappa shape index (κ3) is 4.26. The summed E-state index contributed by atoms with van der Waals surface area (Å²) in [7, 11) is 2.33. The van der Waals surface area contributed by atoms with E-state index in [1.807, 2.05) is 0 Å². The van der Waals surface area contributed by atoms with E-state index in [1.165, 1.54) is 32.1 Å². The van der Waals surface area contributed by atoms with Gasteiger partial charge in [-0.25, -0.2) is 0 Å². The van der Waals surface area contributed by atoms with Crippen molar-refractivity contribution in [3.8, 4) is 0 Å². The summed E-state index contributed by atoms with van der Waals surface area (Å²) >= 11 is 0. The highest BCUT2D eigenvalue weighted by atomic mass is 15.2. The van der Waals surface area contributed by atoms with E-state index < -0.39 is 0 Å². The molecule has 0 aliphatic heterocycles. The fourth-order valence-corrected chi connectivity index (χ4v) is 3.07. The molecule has 0 aromatic rings. The maximum atomic E-state index is 3.69. The monoisotopic (exact) mass is 240 g/mol. The van der Waals surface area contributed by atoms with Gasteiger partial charge in [0, 0.05) is 18.1 Å². The molecule has 0 spiro atoms. The Bertz CT molecular complexity index is 193. The lowest BCUT2D eigenvalue weighted by Gasteiger charge is -2.38. The summed E-state index contributed by atoms with van der Waals surface area (Å²) in [6.45, 7) is 10.4. The molecule has 0 heterocycles. The Hall–Kier alpha value is -0.0800. The van der Waals surface area contributed by atoms with E-state index in [9.17, 15) is 0 Å². The fourth-order valence-electron chi connectivity index (χ4n) is 3.07. The minimum Gasteiger partial charge on any atom is -0.313 e. The van der Waals surface area contributed by atoms with Crippen molar-refractivity contribution >= 4 is 0 Å². The van der Waals surface area contributed by atoms with Crippen LogP contribution >= 0.6 is 0 Å². The number of nitrogens with zero attached hydrogens (tertiary/aromatic N) is 1. The second kappa shape index (κ2) is 7.38. The molecule has 0 aromatic heterocycles. The van der Waals surface area contributed by atoms with E-state index in [1.54, 1.807) is 0 Å². The third-order valence-electron chi connectivity index (χ3n) is 4.42. The molecule has 1 aliphatic carbocycles. The van der Waals surface area contributed by atoms with Crippen LogP contribution in [-0.4, -0.2) is 36.6 Å². The first kappa shape index (κ1) is 15.0. The topological polar surface area (TPSA) is 15.3 Å². The van der Waals surface area contributed by atoms with Crippen LogP contribution < -0.4 is 5.32 Å². The second-order valence-corrected chi connectivity index (χ2v) is 5.67. The molecule has 0 aromatic carbocycles. The van der Waals surface area contributed by atoms with Crippen LogP contribution in [0.15, 0.2) is 0 Å². The first-order chi connectivity index (χ1) is 8.15. The highest BCUT2D eigenvalue weighted by Crippen LogP contribution is 2.36. The maximum absolute atomic E-state index is 3.69. The highest BCUT2D eigenvalue weighted by molar-refractivity contribution is 4.90. The Morgan fingerprint density at radius 1 is 1.24 bits per heavy atom. The van der Waals surface area contributed by atoms with Gasteiger partial charge in [0.2, 0.25) is 0 Å². The molecule has 17 heavy (non-hydrogen) atoms. The standard InChI is InChI=1S/C15H32N2/c1-6-9-14(16-8-3)15(7-2)17(5)12(4)13-10-11-13/h12-16H,6-11H2,1-5H3. The van der Waals surface area contributed by atoms with Crippen LogP contribution in [-0.2, 0) is 0 Å². The van der Waals surface area contributed by atoms with Gasteiger partial charge in [-0.15, -0.1) is 0 Å². The summed E-state index contributed by atoms with van der Waals surface area (Å²) in [6, 6.07) is 2.13. The molecule has 0 radical (unpaired) electrons. The summed E-state index contributed by atoms with van der Waals surface area (Å²) in [5.41, 5.74) is 0. The van der Waals surface area contributed by atoms with E-state index >= 15 is 0 Å². The summed E-state index contributed by atoms with van der Waals surface area (Å²) in [6.07, 6.45) is 6.72. The lowest BCUT2D eigenvalue weighted by atomic mass is 9.97. The van der Waals surface area contributed by atoms with Gasteiger partial charge in [0.15, 0.2) is 0 Å². The lowest BCUT2D eigenvalue weighted by molar-refractivity contribution is 0.125. The van der Waals surface area contributed by atoms with Crippen molar-refractivity contribution in [3.63, 3.8) is 0 Å². The van der Waals surface area contributed by atoms with Crippen LogP contribution in [0.5, 0.6) is 0 Å². The molecule has 0 bridgehead atoms. The number of nitrogens with one attached hydrogen (secondary N) is 1. The Labute approximate surface area is 108 Å². The highest BCUT2D eigenvalue weighted by Gasteiger charge is 2.34. The summed E-state index contributed by atoms with van der Waals surface area (Å²) in [5, 5.41) is 3.69. The Kier molecular flexibility index (Phi) is 6.50. The lowest BCUT2D eigenvalue weighted by Crippen LogP contribution is -2.51. The molecule has 3 unspecified atom stereocenters. The third-order valence-corrected chi connectivity index (χ3v) is 4.42. The molecule has 0 amide bonds. The van der Waals surface area contributed by atoms with Crippen LogP contribution in [0, 0.1) is 5.92 Å². The molecule has 2 heteroatoms. The number of rotatable bonds is 9. The SMILES string of the molecule is CCCC(NCC)C(CC)N(C)C(C)C1CC1. The quantitative estimate of drug-likeness (QED) is 0.665. The van der Waals surface area contributed by atoms with E-state index in [0.717, 1.165) is 18.5 Å². The summed E-state index contributed by atoms with van der Waals surface area (Å²) in [4.78, 5) is 2.64. The van der Waals surface area contributed by atoms with Gasteiger partial charge in [-0.3, -0.25) is 4.90 Å². The molecule has 3 atom stereocenters. The smallest absolute Gasteiger partial charge is 0.0246 e. The Morgan fingerprint density at radius 3 is 2.29 bits per heavy atom. The predicted molar refractivity (Wildman–Crippen MR) is 76.4 cm³/mol. The minimum absolute atomic E-state index is 0.668. The zero-order chi connectivity index (χ0) is 12.8. The van der Waals surface area contributed by atoms with Gasteiger partial charge in [-0.05, 0) is 52.1 Å². The van der Waals surface area contributed by atoms with Gasteiger partial charge in [0.1, 0.15) is 0 Å². The average Bonchev–Trinajstić information content (AvgIpc) is 3.13. The average molecular weight is 240 g/mol. The fraction of sp³-hybridized carbons (Fsp3) is 1.00. The van der Waals surface area contributed by atoms with Crippen LogP contribution in [0.2, 0.25) is 0 Å². The first-order valence-electron chi connectivity index (χ1n) is 7.60. The maximum Gasteiger partial charge on any atom is 0.0246 e. The zero-order valence-corrected chi connectivity index (χ0v) is 12.5. The van der Waals surface area contributed by atoms with Crippen LogP contribution in [0.4, 0.5) is 0 Å². The van der Waals surface area contributed by atoms with Crippen molar-refractivity contribution in [2.75, 3.05) is 13.6 Å². The molecule has 1 fully saturated rings. The van der Waals surface area contributed by atoms with Crippen molar-refractivity contribution in [1.29, 1.82) is 0 Å². The molecule has 2 nitrogen and oxygen atoms in total. The van der Waals surface area contributed by atoms with E-state index in [2.05, 4.69) is 45.0 Å². The number of likely N-dealkylation sites (N-methyl/N-ethyl adjacent to an activating group) is 2. The van der Waals surface area contributed by atoms with Gasteiger partial charge in [-0.2, -0.15) is 0 Å². The Balaban J connectivity index is 2.57. The van der Waals surface area contributed by atoms with Gasteiger partial charge in [0.25, 0.3) is 0 Å². The van der Waals surface area contributed by atoms with Crippen LogP contribution in [0.1, 0.15) is 59.8 Å². The molecular formula is C15H32N2. The van der Waals surface area contributed by atoms with E-state index in [4.69, 9.17) is 0 Å². The van der Waals surface area contributed by atoms with Crippen LogP contribution in [0.25, 0.3) is 0 Å². The molecule has 102 valence electrons. The molecule has 1 aliphatic rings. The van der Waals surface area contributed by atoms with Gasteiger partial charge in [-0.1, -0.05) is 27.2 Å². The van der Waals surface area contributed by atoms with E-state index in [0.29, 0.717) is 12.1 Å². The normalized spacial score (nSPS) is 21.5.